The molecule has 0 amide bonds. The normalized spacial score (nSPS) is 21.8. The highest BCUT2D eigenvalue weighted by Crippen LogP contribution is 2.51. The summed E-state index contributed by atoms with van der Waals surface area (Å²) >= 11 is 0. The molecule has 2 aromatic rings. The van der Waals surface area contributed by atoms with E-state index in [1.165, 1.54) is 18.2 Å². The van der Waals surface area contributed by atoms with Crippen LogP contribution in [0.25, 0.3) is 0 Å². The van der Waals surface area contributed by atoms with E-state index in [-0.39, 0.29) is 12.1 Å². The third-order valence-electron chi connectivity index (χ3n) is 4.54. The summed E-state index contributed by atoms with van der Waals surface area (Å²) in [5.41, 5.74) is 4.39. The summed E-state index contributed by atoms with van der Waals surface area (Å²) in [5.74, 6) is 0.936. The van der Waals surface area contributed by atoms with Crippen LogP contribution in [0.4, 0.5) is 0 Å². The number of benzene rings is 2. The van der Waals surface area contributed by atoms with Crippen LogP contribution in [0.5, 0.6) is 5.75 Å². The van der Waals surface area contributed by atoms with E-state index in [0.29, 0.717) is 11.5 Å². The predicted molar refractivity (Wildman–Crippen MR) is 78.7 cm³/mol. The van der Waals surface area contributed by atoms with Gasteiger partial charge in [0.15, 0.2) is 0 Å². The number of esters is 1. The minimum atomic E-state index is -0.294. The average molecular weight is 280 g/mol. The molecule has 0 spiro atoms. The molecular weight excluding hydrogens is 264 g/mol. The van der Waals surface area contributed by atoms with Crippen LogP contribution in [0, 0.1) is 0 Å². The lowest BCUT2D eigenvalue weighted by atomic mass is 9.79. The maximum absolute atomic E-state index is 11.7. The van der Waals surface area contributed by atoms with Crippen LogP contribution in [0.2, 0.25) is 0 Å². The molecule has 1 aliphatic carbocycles. The third-order valence-corrected chi connectivity index (χ3v) is 4.54. The van der Waals surface area contributed by atoms with Crippen LogP contribution in [0.1, 0.15) is 45.5 Å². The van der Waals surface area contributed by atoms with Gasteiger partial charge < -0.3 is 9.47 Å². The topological polar surface area (TPSA) is 35.5 Å². The van der Waals surface area contributed by atoms with Crippen molar-refractivity contribution in [2.45, 2.75) is 24.9 Å². The Morgan fingerprint density at radius 3 is 2.90 bits per heavy atom. The number of ether oxygens (including phenoxy) is 2. The van der Waals surface area contributed by atoms with E-state index in [1.807, 2.05) is 12.1 Å². The van der Waals surface area contributed by atoms with Crippen molar-refractivity contribution < 1.29 is 14.3 Å². The minimum absolute atomic E-state index is 0.0813. The van der Waals surface area contributed by atoms with Crippen molar-refractivity contribution in [3.05, 3.63) is 64.7 Å². The van der Waals surface area contributed by atoms with Gasteiger partial charge in [0.25, 0.3) is 0 Å². The Morgan fingerprint density at radius 1 is 1.19 bits per heavy atom. The summed E-state index contributed by atoms with van der Waals surface area (Å²) < 4.78 is 11.0. The zero-order valence-corrected chi connectivity index (χ0v) is 11.8. The molecule has 1 heterocycles. The molecule has 3 nitrogen and oxygen atoms in total. The molecule has 3 heteroatoms. The lowest BCUT2D eigenvalue weighted by Crippen LogP contribution is -2.18. The number of fused-ring (bicyclic) bond motifs is 5. The van der Waals surface area contributed by atoms with Crippen LogP contribution in [-0.2, 0) is 11.2 Å². The maximum Gasteiger partial charge on any atom is 0.337 e. The average Bonchev–Trinajstić information content (AvgIpc) is 2.92. The monoisotopic (exact) mass is 280 g/mol. The van der Waals surface area contributed by atoms with Gasteiger partial charge in [-0.3, -0.25) is 0 Å². The van der Waals surface area contributed by atoms with Crippen LogP contribution in [0.15, 0.2) is 42.5 Å². The molecule has 2 aliphatic rings. The van der Waals surface area contributed by atoms with Gasteiger partial charge in [-0.1, -0.05) is 24.3 Å². The second kappa shape index (κ2) is 4.62. The molecule has 2 atom stereocenters. The van der Waals surface area contributed by atoms with Crippen molar-refractivity contribution in [1.29, 1.82) is 0 Å². The standard InChI is InChI=1S/C18H16O3/c1-20-18(19)12-7-9-16-15(10-12)14-8-6-11-4-2-3-5-13(11)17(14)21-16/h2-5,7,9-10,14,17H,6,8H2,1H3/t14-,17-/m1/s1. The van der Waals surface area contributed by atoms with Gasteiger partial charge in [-0.25, -0.2) is 4.79 Å². The number of methoxy groups -OCH3 is 1. The molecule has 1 aliphatic heterocycles. The first-order valence-corrected chi connectivity index (χ1v) is 7.24. The first-order chi connectivity index (χ1) is 10.3. The number of carbonyl (C=O) groups excluding carboxylic acids is 1. The Balaban J connectivity index is 1.76. The highest BCUT2D eigenvalue weighted by atomic mass is 16.5. The first kappa shape index (κ1) is 12.5. The summed E-state index contributed by atoms with van der Waals surface area (Å²) in [6.07, 6.45) is 2.19. The maximum atomic E-state index is 11.7. The van der Waals surface area contributed by atoms with Crippen molar-refractivity contribution in [2.75, 3.05) is 7.11 Å². The van der Waals surface area contributed by atoms with Crippen molar-refractivity contribution in [2.24, 2.45) is 0 Å². The van der Waals surface area contributed by atoms with E-state index >= 15 is 0 Å². The van der Waals surface area contributed by atoms with Crippen LogP contribution >= 0.6 is 0 Å². The second-order valence-electron chi connectivity index (χ2n) is 5.63. The number of hydrogen-bond acceptors (Lipinski definition) is 3. The highest BCUT2D eigenvalue weighted by molar-refractivity contribution is 5.90. The smallest absolute Gasteiger partial charge is 0.337 e. The zero-order valence-electron chi connectivity index (χ0n) is 11.8. The Labute approximate surface area is 123 Å². The molecule has 4 rings (SSSR count). The van der Waals surface area contributed by atoms with Gasteiger partial charge in [-0.05, 0) is 42.2 Å². The lowest BCUT2D eigenvalue weighted by molar-refractivity contribution is 0.0600. The van der Waals surface area contributed by atoms with Gasteiger partial charge in [0, 0.05) is 11.5 Å². The zero-order chi connectivity index (χ0) is 14.4. The van der Waals surface area contributed by atoms with Crippen molar-refractivity contribution >= 4 is 5.97 Å². The van der Waals surface area contributed by atoms with E-state index in [0.717, 1.165) is 24.2 Å². The van der Waals surface area contributed by atoms with Crippen LogP contribution in [0.3, 0.4) is 0 Å². The molecule has 0 aromatic heterocycles. The number of hydrogen-bond donors (Lipinski definition) is 0. The minimum Gasteiger partial charge on any atom is -0.485 e. The van der Waals surface area contributed by atoms with Gasteiger partial charge in [-0.15, -0.1) is 0 Å². The molecule has 0 N–H and O–H groups in total. The largest absolute Gasteiger partial charge is 0.485 e. The van der Waals surface area contributed by atoms with Crippen LogP contribution < -0.4 is 4.74 Å². The van der Waals surface area contributed by atoms with Crippen molar-refractivity contribution in [1.82, 2.24) is 0 Å². The molecule has 0 saturated heterocycles. The summed E-state index contributed by atoms with van der Waals surface area (Å²) in [5, 5.41) is 0. The van der Waals surface area contributed by atoms with E-state index in [1.54, 1.807) is 6.07 Å². The molecule has 21 heavy (non-hydrogen) atoms. The Morgan fingerprint density at radius 2 is 2.05 bits per heavy atom. The van der Waals surface area contributed by atoms with E-state index in [4.69, 9.17) is 9.47 Å². The Hall–Kier alpha value is -2.29. The first-order valence-electron chi connectivity index (χ1n) is 7.24. The van der Waals surface area contributed by atoms with Crippen molar-refractivity contribution in [3.63, 3.8) is 0 Å². The Kier molecular flexibility index (Phi) is 2.74. The quantitative estimate of drug-likeness (QED) is 0.748. The molecular formula is C18H16O3. The Bertz CT molecular complexity index is 720. The van der Waals surface area contributed by atoms with E-state index in [9.17, 15) is 4.79 Å². The summed E-state index contributed by atoms with van der Waals surface area (Å²) in [4.78, 5) is 11.7. The second-order valence-corrected chi connectivity index (χ2v) is 5.63. The van der Waals surface area contributed by atoms with Gasteiger partial charge in [0.1, 0.15) is 11.9 Å². The molecule has 106 valence electrons. The SMILES string of the molecule is COC(=O)c1ccc2c(c1)[C@H]1CCc3ccccc3[C@H]1O2. The fourth-order valence-corrected chi connectivity index (χ4v) is 3.51. The van der Waals surface area contributed by atoms with Crippen molar-refractivity contribution in [3.8, 4) is 5.75 Å². The molecule has 0 fully saturated rings. The highest BCUT2D eigenvalue weighted by Gasteiger charge is 2.39. The van der Waals surface area contributed by atoms with Crippen LogP contribution in [-0.4, -0.2) is 13.1 Å². The molecule has 2 aromatic carbocycles. The fraction of sp³-hybridized carbons (Fsp3) is 0.278. The van der Waals surface area contributed by atoms with Gasteiger partial charge >= 0.3 is 5.97 Å². The number of carbonyl (C=O) groups is 1. The summed E-state index contributed by atoms with van der Waals surface area (Å²) in [6.45, 7) is 0. The molecule has 0 radical (unpaired) electrons. The van der Waals surface area contributed by atoms with Gasteiger partial charge in [0.05, 0.1) is 12.7 Å². The predicted octanol–water partition coefficient (Wildman–Crippen LogP) is 3.64. The lowest BCUT2D eigenvalue weighted by Gasteiger charge is -2.27. The molecule has 0 bridgehead atoms. The van der Waals surface area contributed by atoms with E-state index in [2.05, 4.69) is 24.3 Å². The fourth-order valence-electron chi connectivity index (χ4n) is 3.51. The summed E-state index contributed by atoms with van der Waals surface area (Å²) in [6, 6.07) is 14.1. The molecule has 0 unspecified atom stereocenters. The summed E-state index contributed by atoms with van der Waals surface area (Å²) in [7, 11) is 1.41. The van der Waals surface area contributed by atoms with Gasteiger partial charge in [-0.2, -0.15) is 0 Å². The van der Waals surface area contributed by atoms with Gasteiger partial charge in [0.2, 0.25) is 0 Å². The third kappa shape index (κ3) is 1.84. The number of aryl methyl sites for hydroxylation is 1. The molecule has 0 saturated carbocycles. The van der Waals surface area contributed by atoms with E-state index < -0.39 is 0 Å². The number of rotatable bonds is 1.